The third-order valence-electron chi connectivity index (χ3n) is 4.59. The molecule has 0 bridgehead atoms. The van der Waals surface area contributed by atoms with Crippen molar-refractivity contribution in [2.75, 3.05) is 19.5 Å². The van der Waals surface area contributed by atoms with E-state index in [2.05, 4.69) is 16.5 Å². The van der Waals surface area contributed by atoms with Gasteiger partial charge in [0.05, 0.1) is 27.0 Å². The van der Waals surface area contributed by atoms with Gasteiger partial charge in [-0.1, -0.05) is 6.07 Å². The van der Waals surface area contributed by atoms with E-state index in [9.17, 15) is 4.79 Å². The molecule has 0 fully saturated rings. The van der Waals surface area contributed by atoms with Crippen LogP contribution in [0.1, 0.15) is 28.3 Å². The number of nitrogens with one attached hydrogen (secondary N) is 1. The molecule has 0 aliphatic carbocycles. The molecule has 134 valence electrons. The van der Waals surface area contributed by atoms with Gasteiger partial charge in [-0.2, -0.15) is 5.10 Å². The van der Waals surface area contributed by atoms with Gasteiger partial charge in [0.1, 0.15) is 17.3 Å². The van der Waals surface area contributed by atoms with Gasteiger partial charge in [0, 0.05) is 28.3 Å². The molecule has 4 rings (SSSR count). The molecular weight excluding hydrogens is 350 g/mol. The minimum absolute atomic E-state index is 0.0275. The van der Waals surface area contributed by atoms with E-state index in [0.717, 1.165) is 28.4 Å². The van der Waals surface area contributed by atoms with Crippen LogP contribution in [0.5, 0.6) is 11.5 Å². The van der Waals surface area contributed by atoms with Crippen LogP contribution in [0.3, 0.4) is 0 Å². The number of aromatic nitrogens is 2. The normalized spacial score (nSPS) is 16.1. The Balaban J connectivity index is 1.77. The molecule has 0 unspecified atom stereocenters. The summed E-state index contributed by atoms with van der Waals surface area (Å²) in [6.45, 7) is 0.634. The third-order valence-corrected chi connectivity index (χ3v) is 5.45. The summed E-state index contributed by atoms with van der Waals surface area (Å²) >= 11 is 1.67. The van der Waals surface area contributed by atoms with Crippen molar-refractivity contribution in [2.24, 2.45) is 0 Å². The Morgan fingerprint density at radius 3 is 2.88 bits per heavy atom. The smallest absolute Gasteiger partial charge is 0.226 e. The second-order valence-electron chi connectivity index (χ2n) is 6.10. The summed E-state index contributed by atoms with van der Waals surface area (Å²) in [5.74, 6) is 2.08. The number of rotatable bonds is 5. The standard InChI is InChI=1S/C19H19N3O3S/c1-24-12-5-6-17(25-2)15(8-12)14-9-18(23)21-19-16(14)10-20-22(19)11-13-4-3-7-26-13/h3-8,10,14H,9,11H2,1-2H3,(H,21,23)/t14-/m1/s1. The fraction of sp³-hybridized carbons (Fsp3) is 0.263. The highest BCUT2D eigenvalue weighted by molar-refractivity contribution is 7.09. The summed E-state index contributed by atoms with van der Waals surface area (Å²) in [5.41, 5.74) is 1.92. The first-order chi connectivity index (χ1) is 12.7. The maximum absolute atomic E-state index is 12.4. The molecule has 1 atom stereocenters. The third kappa shape index (κ3) is 2.94. The van der Waals surface area contributed by atoms with Gasteiger partial charge in [-0.3, -0.25) is 4.79 Å². The highest BCUT2D eigenvalue weighted by Gasteiger charge is 2.32. The highest BCUT2D eigenvalue weighted by Crippen LogP contribution is 2.42. The molecule has 3 heterocycles. The molecule has 1 N–H and O–H groups in total. The summed E-state index contributed by atoms with van der Waals surface area (Å²) in [6.07, 6.45) is 2.19. The molecule has 1 aliphatic rings. The van der Waals surface area contributed by atoms with Crippen LogP contribution in [0.4, 0.5) is 5.82 Å². The number of thiophene rings is 1. The van der Waals surface area contributed by atoms with E-state index < -0.39 is 0 Å². The second-order valence-corrected chi connectivity index (χ2v) is 7.13. The van der Waals surface area contributed by atoms with Gasteiger partial charge in [-0.15, -0.1) is 11.3 Å². The fourth-order valence-electron chi connectivity index (χ4n) is 3.33. The number of anilines is 1. The quantitative estimate of drug-likeness (QED) is 0.748. The van der Waals surface area contributed by atoms with Crippen molar-refractivity contribution in [1.82, 2.24) is 9.78 Å². The molecule has 0 saturated carbocycles. The van der Waals surface area contributed by atoms with E-state index in [1.807, 2.05) is 40.5 Å². The van der Waals surface area contributed by atoms with Crippen molar-refractivity contribution in [3.63, 3.8) is 0 Å². The average molecular weight is 369 g/mol. The molecule has 1 aliphatic heterocycles. The first-order valence-corrected chi connectivity index (χ1v) is 9.17. The number of ether oxygens (including phenoxy) is 2. The Morgan fingerprint density at radius 1 is 1.27 bits per heavy atom. The van der Waals surface area contributed by atoms with Crippen LogP contribution in [0.15, 0.2) is 41.9 Å². The molecule has 7 heteroatoms. The van der Waals surface area contributed by atoms with Gasteiger partial charge in [-0.25, -0.2) is 4.68 Å². The number of carbonyl (C=O) groups excluding carboxylic acids is 1. The lowest BCUT2D eigenvalue weighted by atomic mass is 9.86. The monoisotopic (exact) mass is 369 g/mol. The summed E-state index contributed by atoms with van der Waals surface area (Å²) in [4.78, 5) is 13.6. The van der Waals surface area contributed by atoms with E-state index in [0.29, 0.717) is 13.0 Å². The predicted molar refractivity (Wildman–Crippen MR) is 100 cm³/mol. The molecule has 6 nitrogen and oxygen atoms in total. The van der Waals surface area contributed by atoms with E-state index in [-0.39, 0.29) is 11.8 Å². The number of nitrogens with zero attached hydrogens (tertiary/aromatic N) is 2. The zero-order chi connectivity index (χ0) is 18.1. The molecule has 26 heavy (non-hydrogen) atoms. The number of methoxy groups -OCH3 is 2. The number of hydrogen-bond donors (Lipinski definition) is 1. The summed E-state index contributed by atoms with van der Waals surface area (Å²) in [6, 6.07) is 9.73. The van der Waals surface area contributed by atoms with Gasteiger partial charge in [0.15, 0.2) is 0 Å². The van der Waals surface area contributed by atoms with Crippen molar-refractivity contribution >= 4 is 23.1 Å². The van der Waals surface area contributed by atoms with E-state index in [1.165, 1.54) is 4.88 Å². The lowest BCUT2D eigenvalue weighted by Crippen LogP contribution is -2.25. The van der Waals surface area contributed by atoms with Crippen molar-refractivity contribution < 1.29 is 14.3 Å². The minimum Gasteiger partial charge on any atom is -0.497 e. The van der Waals surface area contributed by atoms with Crippen LogP contribution >= 0.6 is 11.3 Å². The van der Waals surface area contributed by atoms with Crippen molar-refractivity contribution in [2.45, 2.75) is 18.9 Å². The first kappa shape index (κ1) is 16.7. The fourth-order valence-corrected chi connectivity index (χ4v) is 4.02. The largest absolute Gasteiger partial charge is 0.497 e. The number of amides is 1. The zero-order valence-corrected chi connectivity index (χ0v) is 15.4. The average Bonchev–Trinajstić information content (AvgIpc) is 3.31. The lowest BCUT2D eigenvalue weighted by Gasteiger charge is -2.25. The van der Waals surface area contributed by atoms with E-state index in [1.54, 1.807) is 25.6 Å². The Kier molecular flexibility index (Phi) is 4.38. The van der Waals surface area contributed by atoms with Gasteiger partial charge < -0.3 is 14.8 Å². The van der Waals surface area contributed by atoms with Gasteiger partial charge >= 0.3 is 0 Å². The van der Waals surface area contributed by atoms with Gasteiger partial charge in [-0.05, 0) is 29.6 Å². The zero-order valence-electron chi connectivity index (χ0n) is 14.6. The van der Waals surface area contributed by atoms with Crippen LogP contribution in [-0.2, 0) is 11.3 Å². The number of fused-ring (bicyclic) bond motifs is 1. The molecule has 0 spiro atoms. The molecule has 1 aromatic carbocycles. The molecular formula is C19H19N3O3S. The summed E-state index contributed by atoms with van der Waals surface area (Å²) in [7, 11) is 3.26. The van der Waals surface area contributed by atoms with Gasteiger partial charge in [0.25, 0.3) is 0 Å². The second kappa shape index (κ2) is 6.84. The van der Waals surface area contributed by atoms with Crippen molar-refractivity contribution in [3.05, 3.63) is 57.9 Å². The number of carbonyl (C=O) groups is 1. The summed E-state index contributed by atoms with van der Waals surface area (Å²) < 4.78 is 12.7. The molecule has 2 aromatic heterocycles. The lowest BCUT2D eigenvalue weighted by molar-refractivity contribution is -0.116. The maximum atomic E-state index is 12.4. The van der Waals surface area contributed by atoms with Crippen LogP contribution in [0.2, 0.25) is 0 Å². The molecule has 3 aromatic rings. The Hall–Kier alpha value is -2.80. The van der Waals surface area contributed by atoms with Crippen LogP contribution < -0.4 is 14.8 Å². The van der Waals surface area contributed by atoms with Gasteiger partial charge in [0.2, 0.25) is 5.91 Å². The van der Waals surface area contributed by atoms with E-state index >= 15 is 0 Å². The Morgan fingerprint density at radius 2 is 2.15 bits per heavy atom. The maximum Gasteiger partial charge on any atom is 0.226 e. The summed E-state index contributed by atoms with van der Waals surface area (Å²) in [5, 5.41) is 9.53. The minimum atomic E-state index is -0.124. The van der Waals surface area contributed by atoms with Crippen molar-refractivity contribution in [1.29, 1.82) is 0 Å². The highest BCUT2D eigenvalue weighted by atomic mass is 32.1. The SMILES string of the molecule is COc1ccc(OC)c([C@H]2CC(=O)Nc3c2cnn3Cc2cccs2)c1. The molecule has 1 amide bonds. The van der Waals surface area contributed by atoms with E-state index in [4.69, 9.17) is 9.47 Å². The number of hydrogen-bond acceptors (Lipinski definition) is 5. The van der Waals surface area contributed by atoms with Crippen molar-refractivity contribution in [3.8, 4) is 11.5 Å². The molecule has 0 radical (unpaired) electrons. The van der Waals surface area contributed by atoms with Crippen LogP contribution in [-0.4, -0.2) is 29.9 Å². The number of benzene rings is 1. The van der Waals surface area contributed by atoms with Crippen LogP contribution in [0.25, 0.3) is 0 Å². The topological polar surface area (TPSA) is 65.4 Å². The Labute approximate surface area is 155 Å². The molecule has 0 saturated heterocycles. The predicted octanol–water partition coefficient (Wildman–Crippen LogP) is 3.48. The Bertz CT molecular complexity index is 934. The first-order valence-electron chi connectivity index (χ1n) is 8.29. The van der Waals surface area contributed by atoms with Crippen LogP contribution in [0, 0.1) is 0 Å².